The smallest absolute Gasteiger partial charge is 0.462 e. The first-order valence-corrected chi connectivity index (χ1v) is 16.8. The molecule has 39 heavy (non-hydrogen) atoms. The van der Waals surface area contributed by atoms with E-state index in [-0.39, 0.29) is 25.6 Å². The number of hydrogen-bond acceptors (Lipinski definition) is 7. The zero-order valence-corrected chi connectivity index (χ0v) is 26.5. The summed E-state index contributed by atoms with van der Waals surface area (Å²) in [6, 6.07) is 0. The van der Waals surface area contributed by atoms with E-state index in [0.29, 0.717) is 23.9 Å². The number of carbonyl (C=O) groups is 2. The van der Waals surface area contributed by atoms with Crippen molar-refractivity contribution in [3.63, 3.8) is 0 Å². The Kier molecular flexibility index (Phi) is 23.1. The summed E-state index contributed by atoms with van der Waals surface area (Å²) in [6.07, 6.45) is 16.2. The fourth-order valence-corrected chi connectivity index (χ4v) is 4.63. The van der Waals surface area contributed by atoms with Crippen molar-refractivity contribution in [3.8, 4) is 0 Å². The Morgan fingerprint density at radius 1 is 0.692 bits per heavy atom. The molecule has 1 N–H and O–H groups in total. The number of unbranched alkanes of at least 4 members (excludes halogenated alkanes) is 13. The van der Waals surface area contributed by atoms with Crippen LogP contribution in [0.3, 0.4) is 0 Å². The van der Waals surface area contributed by atoms with E-state index in [1.54, 1.807) is 0 Å². The van der Waals surface area contributed by atoms with Crippen molar-refractivity contribution < 1.29 is 42.1 Å². The van der Waals surface area contributed by atoms with Crippen LogP contribution in [0.25, 0.3) is 0 Å². The van der Waals surface area contributed by atoms with E-state index >= 15 is 0 Å². The van der Waals surface area contributed by atoms with E-state index in [1.807, 2.05) is 21.1 Å². The van der Waals surface area contributed by atoms with Gasteiger partial charge in [0.2, 0.25) is 0 Å². The lowest BCUT2D eigenvalue weighted by Gasteiger charge is -2.24. The molecule has 0 aliphatic heterocycles. The second-order valence-corrected chi connectivity index (χ2v) is 13.0. The van der Waals surface area contributed by atoms with Crippen LogP contribution in [0.15, 0.2) is 0 Å². The molecule has 0 saturated carbocycles. The monoisotopic (exact) mass is 580 g/mol. The summed E-state index contributed by atoms with van der Waals surface area (Å²) in [4.78, 5) is 34.6. The number of esters is 2. The standard InChI is InChI=1S/C29H58NO8P/c1-6-8-10-12-13-14-15-16-18-19-21-28(31)35-25-27(38-29(32)22-20-17-11-9-7-2)26-37-39(33,34)36-24-23-30(3,4)5/h27H,6-26H2,1-5H3/p+1/t27-/m1/s1. The Labute approximate surface area is 238 Å². The highest BCUT2D eigenvalue weighted by atomic mass is 31.2. The van der Waals surface area contributed by atoms with Gasteiger partial charge in [-0.3, -0.25) is 18.6 Å². The lowest BCUT2D eigenvalue weighted by molar-refractivity contribution is -0.870. The zero-order valence-electron chi connectivity index (χ0n) is 25.6. The minimum absolute atomic E-state index is 0.0351. The van der Waals surface area contributed by atoms with E-state index in [9.17, 15) is 19.0 Å². The van der Waals surface area contributed by atoms with E-state index < -0.39 is 26.5 Å². The number of hydrogen-bond donors (Lipinski definition) is 1. The predicted octanol–water partition coefficient (Wildman–Crippen LogP) is 6.95. The van der Waals surface area contributed by atoms with Crippen molar-refractivity contribution >= 4 is 19.8 Å². The van der Waals surface area contributed by atoms with Gasteiger partial charge in [0.1, 0.15) is 19.8 Å². The maximum Gasteiger partial charge on any atom is 0.472 e. The van der Waals surface area contributed by atoms with Gasteiger partial charge in [-0.05, 0) is 12.8 Å². The van der Waals surface area contributed by atoms with E-state index in [1.165, 1.54) is 44.9 Å². The summed E-state index contributed by atoms with van der Waals surface area (Å²) < 4.78 is 33.7. The lowest BCUT2D eigenvalue weighted by atomic mass is 10.1. The molecule has 0 amide bonds. The molecule has 0 saturated heterocycles. The van der Waals surface area contributed by atoms with E-state index in [0.717, 1.165) is 44.9 Å². The molecule has 0 bridgehead atoms. The van der Waals surface area contributed by atoms with Gasteiger partial charge in [-0.2, -0.15) is 0 Å². The molecule has 0 aromatic heterocycles. The van der Waals surface area contributed by atoms with Gasteiger partial charge in [0.25, 0.3) is 0 Å². The molecular formula is C29H59NO8P+. The van der Waals surface area contributed by atoms with Gasteiger partial charge in [0.05, 0.1) is 27.7 Å². The van der Waals surface area contributed by atoms with Crippen molar-refractivity contribution in [2.75, 3.05) is 47.5 Å². The minimum atomic E-state index is -4.34. The normalized spacial score (nSPS) is 14.1. The molecule has 0 heterocycles. The number of quaternary nitrogens is 1. The highest BCUT2D eigenvalue weighted by molar-refractivity contribution is 7.47. The molecule has 0 radical (unpaired) electrons. The first-order valence-electron chi connectivity index (χ1n) is 15.3. The van der Waals surface area contributed by atoms with Crippen molar-refractivity contribution in [1.82, 2.24) is 0 Å². The number of rotatable bonds is 27. The average molecular weight is 581 g/mol. The van der Waals surface area contributed by atoms with Gasteiger partial charge in [0, 0.05) is 12.8 Å². The molecule has 10 heteroatoms. The largest absolute Gasteiger partial charge is 0.472 e. The van der Waals surface area contributed by atoms with Gasteiger partial charge in [0.15, 0.2) is 6.10 Å². The number of ether oxygens (including phenoxy) is 2. The molecular weight excluding hydrogens is 521 g/mol. The third-order valence-electron chi connectivity index (χ3n) is 6.39. The molecule has 0 aromatic rings. The predicted molar refractivity (Wildman–Crippen MR) is 155 cm³/mol. The third-order valence-corrected chi connectivity index (χ3v) is 7.37. The Hall–Kier alpha value is -0.990. The quantitative estimate of drug-likeness (QED) is 0.0481. The topological polar surface area (TPSA) is 108 Å². The van der Waals surface area contributed by atoms with Crippen LogP contribution in [0.5, 0.6) is 0 Å². The maximum atomic E-state index is 12.3. The molecule has 0 spiro atoms. The molecule has 0 aliphatic carbocycles. The molecule has 2 atom stereocenters. The Morgan fingerprint density at radius 3 is 1.64 bits per heavy atom. The second-order valence-electron chi connectivity index (χ2n) is 11.5. The van der Waals surface area contributed by atoms with Crippen LogP contribution in [-0.2, 0) is 32.7 Å². The Balaban J connectivity index is 4.47. The van der Waals surface area contributed by atoms with Crippen LogP contribution in [-0.4, -0.2) is 74.9 Å². The van der Waals surface area contributed by atoms with Crippen LogP contribution >= 0.6 is 7.82 Å². The van der Waals surface area contributed by atoms with Crippen LogP contribution in [0.2, 0.25) is 0 Å². The molecule has 0 fully saturated rings. The van der Waals surface area contributed by atoms with Crippen LogP contribution in [0, 0.1) is 0 Å². The van der Waals surface area contributed by atoms with Crippen LogP contribution in [0.4, 0.5) is 0 Å². The van der Waals surface area contributed by atoms with Crippen LogP contribution in [0.1, 0.15) is 123 Å². The van der Waals surface area contributed by atoms with Crippen molar-refractivity contribution in [3.05, 3.63) is 0 Å². The first-order chi connectivity index (χ1) is 18.5. The molecule has 1 unspecified atom stereocenters. The second kappa shape index (κ2) is 23.7. The van der Waals surface area contributed by atoms with Gasteiger partial charge in [-0.25, -0.2) is 4.57 Å². The fourth-order valence-electron chi connectivity index (χ4n) is 3.89. The maximum absolute atomic E-state index is 12.3. The summed E-state index contributed by atoms with van der Waals surface area (Å²) in [7, 11) is 1.48. The van der Waals surface area contributed by atoms with Crippen LogP contribution < -0.4 is 0 Å². The summed E-state index contributed by atoms with van der Waals surface area (Å²) in [6.45, 7) is 4.28. The first kappa shape index (κ1) is 38.0. The van der Waals surface area contributed by atoms with Gasteiger partial charge >= 0.3 is 19.8 Å². The molecule has 9 nitrogen and oxygen atoms in total. The average Bonchev–Trinajstić information content (AvgIpc) is 2.85. The van der Waals surface area contributed by atoms with Crippen molar-refractivity contribution in [1.29, 1.82) is 0 Å². The molecule has 232 valence electrons. The van der Waals surface area contributed by atoms with Gasteiger partial charge in [-0.15, -0.1) is 0 Å². The highest BCUT2D eigenvalue weighted by Gasteiger charge is 2.27. The SMILES string of the molecule is CCCCCCCCCCCCC(=O)OC[C@H](COP(=O)(O)OCC[N+](C)(C)C)OC(=O)CCCCCCC. The van der Waals surface area contributed by atoms with Crippen molar-refractivity contribution in [2.24, 2.45) is 0 Å². The van der Waals surface area contributed by atoms with Crippen molar-refractivity contribution in [2.45, 2.75) is 129 Å². The molecule has 0 rings (SSSR count). The summed E-state index contributed by atoms with van der Waals surface area (Å²) >= 11 is 0. The number of carbonyl (C=O) groups excluding carboxylic acids is 2. The van der Waals surface area contributed by atoms with Gasteiger partial charge < -0.3 is 18.9 Å². The third kappa shape index (κ3) is 27.0. The Morgan fingerprint density at radius 2 is 1.15 bits per heavy atom. The van der Waals surface area contributed by atoms with E-state index in [4.69, 9.17) is 18.5 Å². The summed E-state index contributed by atoms with van der Waals surface area (Å²) in [5.41, 5.74) is 0. The number of nitrogens with zero attached hydrogens (tertiary/aromatic N) is 1. The number of likely N-dealkylation sites (N-methyl/N-ethyl adjacent to an activating group) is 1. The summed E-state index contributed by atoms with van der Waals surface area (Å²) in [5, 5.41) is 0. The fraction of sp³-hybridized carbons (Fsp3) is 0.931. The molecule has 0 aromatic carbocycles. The highest BCUT2D eigenvalue weighted by Crippen LogP contribution is 2.43. The van der Waals surface area contributed by atoms with E-state index in [2.05, 4.69) is 13.8 Å². The zero-order chi connectivity index (χ0) is 29.4. The summed E-state index contributed by atoms with van der Waals surface area (Å²) in [5.74, 6) is -0.814. The molecule has 0 aliphatic rings. The van der Waals surface area contributed by atoms with Gasteiger partial charge in [-0.1, -0.05) is 97.3 Å². The number of phosphoric ester groups is 1. The lowest BCUT2D eigenvalue weighted by Crippen LogP contribution is -2.37. The Bertz CT molecular complexity index is 668. The minimum Gasteiger partial charge on any atom is -0.462 e. The number of phosphoric acid groups is 1.